The molecular weight excluding hydrogens is 360 g/mol. The van der Waals surface area contributed by atoms with Gasteiger partial charge in [-0.05, 0) is 43.2 Å². The number of hydrazone groups is 1. The number of nitrogens with zero attached hydrogens (tertiary/aromatic N) is 1. The number of rotatable bonds is 7. The van der Waals surface area contributed by atoms with Crippen molar-refractivity contribution in [2.45, 2.75) is 25.4 Å². The maximum Gasteiger partial charge on any atom is 0.258 e. The Kier molecular flexibility index (Phi) is 6.46. The number of methoxy groups -OCH3 is 1. The third kappa shape index (κ3) is 4.59. The zero-order valence-electron chi connectivity index (χ0n) is 15.8. The molecule has 1 aliphatic rings. The summed E-state index contributed by atoms with van der Waals surface area (Å²) in [4.78, 5) is 12.4. The van der Waals surface area contributed by atoms with Crippen LogP contribution in [0.3, 0.4) is 0 Å². The Morgan fingerprint density at radius 3 is 2.93 bits per heavy atom. The first-order chi connectivity index (χ1) is 13.6. The molecule has 0 saturated carbocycles. The third-order valence-corrected chi connectivity index (χ3v) is 4.42. The lowest BCUT2D eigenvalue weighted by atomic mass is 10.0. The normalized spacial score (nSPS) is 18.9. The highest BCUT2D eigenvalue weighted by molar-refractivity contribution is 5.87. The van der Waals surface area contributed by atoms with Crippen LogP contribution in [0.1, 0.15) is 30.5 Å². The lowest BCUT2D eigenvalue weighted by molar-refractivity contribution is -0.122. The zero-order chi connectivity index (χ0) is 19.9. The van der Waals surface area contributed by atoms with Crippen LogP contribution in [-0.4, -0.2) is 37.0 Å². The molecule has 1 fully saturated rings. The molecule has 1 amide bonds. The van der Waals surface area contributed by atoms with Gasteiger partial charge < -0.3 is 14.6 Å². The molecule has 4 N–H and O–H groups in total. The fraction of sp³-hybridized carbons (Fsp3) is 0.300. The lowest BCUT2D eigenvalue weighted by Crippen LogP contribution is -2.41. The molecule has 0 aliphatic carbocycles. The first kappa shape index (κ1) is 19.7. The summed E-state index contributed by atoms with van der Waals surface area (Å²) in [6, 6.07) is 12.4. The average Bonchev–Trinajstić information content (AvgIpc) is 3.21. The highest BCUT2D eigenvalue weighted by Crippen LogP contribution is 2.28. The Morgan fingerprint density at radius 1 is 1.32 bits per heavy atom. The van der Waals surface area contributed by atoms with Gasteiger partial charge in [0.1, 0.15) is 11.8 Å². The van der Waals surface area contributed by atoms with Gasteiger partial charge in [-0.1, -0.05) is 18.2 Å². The summed E-state index contributed by atoms with van der Waals surface area (Å²) in [6.07, 6.45) is 1.96. The van der Waals surface area contributed by atoms with Gasteiger partial charge in [-0.25, -0.2) is 16.3 Å². The molecule has 1 aliphatic heterocycles. The first-order valence-electron chi connectivity index (χ1n) is 9.05. The maximum atomic E-state index is 12.4. The van der Waals surface area contributed by atoms with Crippen LogP contribution in [0, 0.1) is 0 Å². The van der Waals surface area contributed by atoms with Gasteiger partial charge in [0.05, 0.1) is 19.9 Å². The Morgan fingerprint density at radius 2 is 2.14 bits per heavy atom. The van der Waals surface area contributed by atoms with E-state index in [-0.39, 0.29) is 17.7 Å². The predicted molar refractivity (Wildman–Crippen MR) is 105 cm³/mol. The Balaban J connectivity index is 1.57. The molecule has 0 spiro atoms. The minimum atomic E-state index is -0.434. The van der Waals surface area contributed by atoms with E-state index in [0.29, 0.717) is 24.3 Å². The van der Waals surface area contributed by atoms with Gasteiger partial charge in [-0.15, -0.1) is 0 Å². The summed E-state index contributed by atoms with van der Waals surface area (Å²) < 4.78 is 10.6. The van der Waals surface area contributed by atoms with Crippen molar-refractivity contribution >= 4 is 12.1 Å². The number of carbonyl (C=O) groups excluding carboxylic acids is 1. The first-order valence-corrected chi connectivity index (χ1v) is 9.05. The summed E-state index contributed by atoms with van der Waals surface area (Å²) in [5.74, 6) is 0.863. The molecule has 2 aromatic carbocycles. The second-order valence-electron chi connectivity index (χ2n) is 6.27. The summed E-state index contributed by atoms with van der Waals surface area (Å²) >= 11 is 0. The van der Waals surface area contributed by atoms with Crippen LogP contribution in [0.4, 0.5) is 0 Å². The predicted octanol–water partition coefficient (Wildman–Crippen LogP) is 1.86. The van der Waals surface area contributed by atoms with Gasteiger partial charge >= 0.3 is 0 Å². The Bertz CT molecular complexity index is 856. The van der Waals surface area contributed by atoms with E-state index in [4.69, 9.17) is 9.47 Å². The summed E-state index contributed by atoms with van der Waals surface area (Å²) in [5.41, 5.74) is 10.1. The van der Waals surface area contributed by atoms with E-state index in [1.165, 1.54) is 6.21 Å². The molecule has 8 heteroatoms. The largest absolute Gasteiger partial charge is 0.504 e. The molecule has 0 bridgehead atoms. The van der Waals surface area contributed by atoms with Crippen molar-refractivity contribution < 1.29 is 19.4 Å². The number of amides is 1. The number of hydrogen-bond acceptors (Lipinski definition) is 7. The number of carbonyl (C=O) groups is 1. The van der Waals surface area contributed by atoms with E-state index < -0.39 is 6.04 Å². The second kappa shape index (κ2) is 9.20. The molecule has 0 radical (unpaired) electrons. The number of aromatic hydroxyl groups is 1. The zero-order valence-corrected chi connectivity index (χ0v) is 15.8. The SMILES string of the molecule is CCOc1cccc(/C=N/NC(=O)C2CC(c3cccc(OC)c3)NN2)c1O. The molecule has 2 aromatic rings. The number of hydrazine groups is 1. The molecule has 2 atom stereocenters. The van der Waals surface area contributed by atoms with Gasteiger partial charge in [0.25, 0.3) is 5.91 Å². The van der Waals surface area contributed by atoms with E-state index in [1.54, 1.807) is 25.3 Å². The monoisotopic (exact) mass is 384 g/mol. The Labute approximate surface area is 163 Å². The molecule has 2 unspecified atom stereocenters. The van der Waals surface area contributed by atoms with Crippen LogP contribution in [0.2, 0.25) is 0 Å². The third-order valence-electron chi connectivity index (χ3n) is 4.42. The van der Waals surface area contributed by atoms with Crippen molar-refractivity contribution in [3.05, 3.63) is 53.6 Å². The van der Waals surface area contributed by atoms with Crippen molar-refractivity contribution in [2.24, 2.45) is 5.10 Å². The van der Waals surface area contributed by atoms with Crippen LogP contribution < -0.4 is 25.8 Å². The summed E-state index contributed by atoms with van der Waals surface area (Å²) in [6.45, 7) is 2.28. The second-order valence-corrected chi connectivity index (χ2v) is 6.27. The number of phenols is 1. The van der Waals surface area contributed by atoms with Gasteiger partial charge in [0.2, 0.25) is 0 Å². The van der Waals surface area contributed by atoms with Crippen LogP contribution in [0.25, 0.3) is 0 Å². The van der Waals surface area contributed by atoms with Crippen molar-refractivity contribution in [1.29, 1.82) is 0 Å². The number of hydrogen-bond donors (Lipinski definition) is 4. The molecule has 8 nitrogen and oxygen atoms in total. The van der Waals surface area contributed by atoms with Gasteiger partial charge in [0, 0.05) is 11.6 Å². The summed E-state index contributed by atoms with van der Waals surface area (Å²) in [5, 5.41) is 14.1. The van der Waals surface area contributed by atoms with Crippen LogP contribution >= 0.6 is 0 Å². The van der Waals surface area contributed by atoms with Gasteiger partial charge in [0.15, 0.2) is 11.5 Å². The smallest absolute Gasteiger partial charge is 0.258 e. The number of phenolic OH excluding ortho intramolecular Hbond substituents is 1. The highest BCUT2D eigenvalue weighted by atomic mass is 16.5. The number of nitrogens with one attached hydrogen (secondary N) is 3. The minimum absolute atomic E-state index is 0.0123. The fourth-order valence-electron chi connectivity index (χ4n) is 2.96. The number of benzene rings is 2. The van der Waals surface area contributed by atoms with Crippen LogP contribution in [-0.2, 0) is 4.79 Å². The topological polar surface area (TPSA) is 104 Å². The van der Waals surface area contributed by atoms with E-state index >= 15 is 0 Å². The molecule has 1 saturated heterocycles. The fourth-order valence-corrected chi connectivity index (χ4v) is 2.96. The molecule has 148 valence electrons. The van der Waals surface area contributed by atoms with Crippen LogP contribution in [0.15, 0.2) is 47.6 Å². The van der Waals surface area contributed by atoms with Crippen molar-refractivity contribution in [1.82, 2.24) is 16.3 Å². The minimum Gasteiger partial charge on any atom is -0.504 e. The average molecular weight is 384 g/mol. The van der Waals surface area contributed by atoms with Crippen molar-refractivity contribution in [2.75, 3.05) is 13.7 Å². The molecule has 28 heavy (non-hydrogen) atoms. The van der Waals surface area contributed by atoms with Crippen LogP contribution in [0.5, 0.6) is 17.2 Å². The molecule has 1 heterocycles. The van der Waals surface area contributed by atoms with Gasteiger partial charge in [-0.3, -0.25) is 4.79 Å². The van der Waals surface area contributed by atoms with E-state index in [1.807, 2.05) is 31.2 Å². The molecular formula is C20H24N4O4. The van der Waals surface area contributed by atoms with Crippen molar-refractivity contribution in [3.63, 3.8) is 0 Å². The maximum absolute atomic E-state index is 12.4. The van der Waals surface area contributed by atoms with Gasteiger partial charge in [-0.2, -0.15) is 5.10 Å². The number of ether oxygens (including phenoxy) is 2. The lowest BCUT2D eigenvalue weighted by Gasteiger charge is -2.10. The van der Waals surface area contributed by atoms with E-state index in [9.17, 15) is 9.90 Å². The molecule has 3 rings (SSSR count). The standard InChI is InChI=1S/C20H24N4O4/c1-3-28-18-9-5-7-14(19(18)25)12-21-24-20(26)17-11-16(22-23-17)13-6-4-8-15(10-13)27-2/h4-10,12,16-17,22-23,25H,3,11H2,1-2H3,(H,24,26)/b21-12+. The van der Waals surface area contributed by atoms with E-state index in [2.05, 4.69) is 21.4 Å². The van der Waals surface area contributed by atoms with E-state index in [0.717, 1.165) is 11.3 Å². The Hall–Kier alpha value is -3.10. The number of para-hydroxylation sites is 1. The van der Waals surface area contributed by atoms with Crippen molar-refractivity contribution in [3.8, 4) is 17.2 Å². The highest BCUT2D eigenvalue weighted by Gasteiger charge is 2.30. The summed E-state index contributed by atoms with van der Waals surface area (Å²) in [7, 11) is 1.62. The quantitative estimate of drug-likeness (QED) is 0.429. The molecule has 0 aromatic heterocycles.